The topological polar surface area (TPSA) is 37.8 Å². The third-order valence-electron chi connectivity index (χ3n) is 4.74. The first-order chi connectivity index (χ1) is 9.15. The van der Waals surface area contributed by atoms with Crippen LogP contribution < -0.4 is 5.32 Å². The lowest BCUT2D eigenvalue weighted by Gasteiger charge is -2.21. The first-order valence-electron chi connectivity index (χ1n) is 7.71. The van der Waals surface area contributed by atoms with Gasteiger partial charge in [-0.1, -0.05) is 20.3 Å². The van der Waals surface area contributed by atoms with Crippen LogP contribution in [0.5, 0.6) is 0 Å². The Morgan fingerprint density at radius 3 is 2.68 bits per heavy atom. The molecule has 1 aromatic rings. The summed E-state index contributed by atoms with van der Waals surface area (Å²) in [4.78, 5) is 9.61. The van der Waals surface area contributed by atoms with Gasteiger partial charge < -0.3 is 5.32 Å². The van der Waals surface area contributed by atoms with E-state index in [0.29, 0.717) is 11.8 Å². The number of anilines is 1. The lowest BCUT2D eigenvalue weighted by molar-refractivity contribution is 0.404. The van der Waals surface area contributed by atoms with Gasteiger partial charge in [0.2, 0.25) is 0 Å². The highest BCUT2D eigenvalue weighted by Crippen LogP contribution is 2.52. The normalized spacial score (nSPS) is 29.2. The van der Waals surface area contributed by atoms with Crippen LogP contribution in [0, 0.1) is 17.8 Å². The second-order valence-electron chi connectivity index (χ2n) is 6.73. The van der Waals surface area contributed by atoms with E-state index in [9.17, 15) is 0 Å². The molecular weight excluding hydrogens is 234 g/mol. The van der Waals surface area contributed by atoms with Gasteiger partial charge in [0.15, 0.2) is 0 Å². The summed E-state index contributed by atoms with van der Waals surface area (Å²) < 4.78 is 0. The molecule has 1 aromatic heterocycles. The second kappa shape index (κ2) is 5.10. The molecule has 1 N–H and O–H groups in total. The van der Waals surface area contributed by atoms with Gasteiger partial charge in [-0.25, -0.2) is 9.97 Å². The third kappa shape index (κ3) is 2.60. The van der Waals surface area contributed by atoms with Crippen molar-refractivity contribution in [2.75, 3.05) is 12.4 Å². The van der Waals surface area contributed by atoms with Gasteiger partial charge in [-0.3, -0.25) is 0 Å². The van der Waals surface area contributed by atoms with Crippen molar-refractivity contribution in [2.45, 2.75) is 51.9 Å². The van der Waals surface area contributed by atoms with E-state index in [2.05, 4.69) is 25.2 Å². The van der Waals surface area contributed by atoms with Crippen LogP contribution in [0.25, 0.3) is 0 Å². The standard InChI is InChI=1S/C16H25N3/c1-10(2)6-13-9-15(17-3)19-16(18-13)14-8-11-4-5-12(14)7-11/h9-12,14H,4-8H2,1-3H3,(H,17,18,19). The average molecular weight is 259 g/mol. The van der Waals surface area contributed by atoms with E-state index in [1.165, 1.54) is 31.4 Å². The minimum atomic E-state index is 0.623. The quantitative estimate of drug-likeness (QED) is 0.897. The molecule has 0 spiro atoms. The predicted octanol–water partition coefficient (Wildman–Crippen LogP) is 3.62. The Bertz CT molecular complexity index is 455. The highest BCUT2D eigenvalue weighted by atomic mass is 15.0. The fraction of sp³-hybridized carbons (Fsp3) is 0.750. The van der Waals surface area contributed by atoms with Crippen molar-refractivity contribution in [3.8, 4) is 0 Å². The zero-order valence-corrected chi connectivity index (χ0v) is 12.3. The fourth-order valence-corrected chi connectivity index (χ4v) is 3.90. The smallest absolute Gasteiger partial charge is 0.134 e. The molecule has 3 atom stereocenters. The van der Waals surface area contributed by atoms with Crippen LogP contribution in [0.15, 0.2) is 6.07 Å². The molecule has 3 rings (SSSR count). The molecule has 3 unspecified atom stereocenters. The lowest BCUT2D eigenvalue weighted by Crippen LogP contribution is -2.14. The molecule has 1 heterocycles. The summed E-state index contributed by atoms with van der Waals surface area (Å²) in [6, 6.07) is 2.11. The van der Waals surface area contributed by atoms with Gasteiger partial charge in [0.05, 0.1) is 0 Å². The molecule has 2 aliphatic carbocycles. The van der Waals surface area contributed by atoms with Crippen molar-refractivity contribution in [1.29, 1.82) is 0 Å². The maximum atomic E-state index is 4.87. The second-order valence-corrected chi connectivity index (χ2v) is 6.73. The van der Waals surface area contributed by atoms with Crippen LogP contribution in [0.2, 0.25) is 0 Å². The minimum absolute atomic E-state index is 0.623. The molecule has 3 heteroatoms. The van der Waals surface area contributed by atoms with Crippen molar-refractivity contribution in [2.24, 2.45) is 17.8 Å². The highest BCUT2D eigenvalue weighted by molar-refractivity contribution is 5.36. The van der Waals surface area contributed by atoms with Crippen LogP contribution in [-0.2, 0) is 6.42 Å². The van der Waals surface area contributed by atoms with E-state index >= 15 is 0 Å². The van der Waals surface area contributed by atoms with E-state index < -0.39 is 0 Å². The maximum absolute atomic E-state index is 4.87. The number of nitrogens with one attached hydrogen (secondary N) is 1. The molecule has 2 fully saturated rings. The van der Waals surface area contributed by atoms with Crippen LogP contribution in [-0.4, -0.2) is 17.0 Å². The van der Waals surface area contributed by atoms with E-state index in [1.54, 1.807) is 0 Å². The van der Waals surface area contributed by atoms with Gasteiger partial charge in [0, 0.05) is 24.7 Å². The van der Waals surface area contributed by atoms with Crippen LogP contribution >= 0.6 is 0 Å². The number of fused-ring (bicyclic) bond motifs is 2. The van der Waals surface area contributed by atoms with Gasteiger partial charge in [0.25, 0.3) is 0 Å². The summed E-state index contributed by atoms with van der Waals surface area (Å²) >= 11 is 0. The molecule has 0 amide bonds. The molecule has 0 aromatic carbocycles. The lowest BCUT2D eigenvalue weighted by atomic mass is 9.88. The molecule has 104 valence electrons. The highest BCUT2D eigenvalue weighted by Gasteiger charge is 2.41. The Labute approximate surface area is 116 Å². The van der Waals surface area contributed by atoms with Crippen molar-refractivity contribution >= 4 is 5.82 Å². The largest absolute Gasteiger partial charge is 0.373 e. The Hall–Kier alpha value is -1.12. The van der Waals surface area contributed by atoms with Gasteiger partial charge >= 0.3 is 0 Å². The molecule has 0 saturated heterocycles. The van der Waals surface area contributed by atoms with Crippen LogP contribution in [0.3, 0.4) is 0 Å². The first kappa shape index (κ1) is 12.9. The van der Waals surface area contributed by atoms with E-state index in [1.807, 2.05) is 7.05 Å². The zero-order valence-electron chi connectivity index (χ0n) is 12.3. The van der Waals surface area contributed by atoms with Crippen molar-refractivity contribution in [3.05, 3.63) is 17.6 Å². The number of hydrogen-bond acceptors (Lipinski definition) is 3. The Kier molecular flexibility index (Phi) is 3.46. The fourth-order valence-electron chi connectivity index (χ4n) is 3.90. The predicted molar refractivity (Wildman–Crippen MR) is 78.3 cm³/mol. The molecule has 3 nitrogen and oxygen atoms in total. The molecule has 2 aliphatic rings. The molecule has 2 bridgehead atoms. The SMILES string of the molecule is CNc1cc(CC(C)C)nc(C2CC3CCC2C3)n1. The number of nitrogens with zero attached hydrogens (tertiary/aromatic N) is 2. The van der Waals surface area contributed by atoms with E-state index in [0.717, 1.165) is 29.9 Å². The van der Waals surface area contributed by atoms with Gasteiger partial charge in [-0.2, -0.15) is 0 Å². The molecule has 0 radical (unpaired) electrons. The molecule has 2 saturated carbocycles. The molecular formula is C16H25N3. The number of aromatic nitrogens is 2. The summed E-state index contributed by atoms with van der Waals surface area (Å²) in [5.41, 5.74) is 1.20. The zero-order chi connectivity index (χ0) is 13.4. The van der Waals surface area contributed by atoms with Gasteiger partial charge in [0.1, 0.15) is 11.6 Å². The number of rotatable bonds is 4. The van der Waals surface area contributed by atoms with Gasteiger partial charge in [-0.15, -0.1) is 0 Å². The van der Waals surface area contributed by atoms with Gasteiger partial charge in [-0.05, 0) is 43.4 Å². The Balaban J connectivity index is 1.87. The average Bonchev–Trinajstić information content (AvgIpc) is 2.99. The summed E-state index contributed by atoms with van der Waals surface area (Å²) in [5, 5.41) is 3.20. The summed E-state index contributed by atoms with van der Waals surface area (Å²) in [5.74, 6) is 5.16. The van der Waals surface area contributed by atoms with Crippen molar-refractivity contribution in [1.82, 2.24) is 9.97 Å². The Morgan fingerprint density at radius 1 is 1.26 bits per heavy atom. The summed E-state index contributed by atoms with van der Waals surface area (Å²) in [7, 11) is 1.95. The van der Waals surface area contributed by atoms with Crippen molar-refractivity contribution in [3.63, 3.8) is 0 Å². The maximum Gasteiger partial charge on any atom is 0.134 e. The summed E-state index contributed by atoms with van der Waals surface area (Å²) in [6.07, 6.45) is 6.61. The molecule has 19 heavy (non-hydrogen) atoms. The van der Waals surface area contributed by atoms with Crippen LogP contribution in [0.1, 0.15) is 57.0 Å². The molecule has 0 aliphatic heterocycles. The van der Waals surface area contributed by atoms with Crippen molar-refractivity contribution < 1.29 is 0 Å². The van der Waals surface area contributed by atoms with E-state index in [-0.39, 0.29) is 0 Å². The Morgan fingerprint density at radius 2 is 2.11 bits per heavy atom. The third-order valence-corrected chi connectivity index (χ3v) is 4.74. The number of hydrogen-bond donors (Lipinski definition) is 1. The first-order valence-corrected chi connectivity index (χ1v) is 7.71. The van der Waals surface area contributed by atoms with Crippen LogP contribution in [0.4, 0.5) is 5.82 Å². The minimum Gasteiger partial charge on any atom is -0.373 e. The van der Waals surface area contributed by atoms with E-state index in [4.69, 9.17) is 9.97 Å². The summed E-state index contributed by atoms with van der Waals surface area (Å²) in [6.45, 7) is 4.50. The monoisotopic (exact) mass is 259 g/mol.